The quantitative estimate of drug-likeness (QED) is 0.753. The van der Waals surface area contributed by atoms with Gasteiger partial charge in [-0.3, -0.25) is 9.59 Å². The van der Waals surface area contributed by atoms with Crippen LogP contribution in [-0.4, -0.2) is 68.2 Å². The molecule has 2 heterocycles. The van der Waals surface area contributed by atoms with Gasteiger partial charge < -0.3 is 25.2 Å². The molecule has 154 valence electrons. The molecular formula is C20H26N6O3. The lowest BCUT2D eigenvalue weighted by Gasteiger charge is -2.19. The molecule has 1 aromatic heterocycles. The fourth-order valence-electron chi connectivity index (χ4n) is 3.25. The fraction of sp³-hybridized carbons (Fsp3) is 0.400. The molecule has 2 N–H and O–H groups in total. The molecule has 2 atom stereocenters. The summed E-state index contributed by atoms with van der Waals surface area (Å²) in [6.45, 7) is 2.69. The van der Waals surface area contributed by atoms with Gasteiger partial charge in [-0.2, -0.15) is 4.98 Å². The molecule has 1 fully saturated rings. The summed E-state index contributed by atoms with van der Waals surface area (Å²) in [5.41, 5.74) is 1.26. The highest BCUT2D eigenvalue weighted by Crippen LogP contribution is 2.21. The topological polar surface area (TPSA) is 99.7 Å². The molecule has 9 heteroatoms. The van der Waals surface area contributed by atoms with Gasteiger partial charge in [-0.05, 0) is 30.3 Å². The second-order valence-electron chi connectivity index (χ2n) is 6.87. The highest BCUT2D eigenvalue weighted by Gasteiger charge is 2.35. The average Bonchev–Trinajstić information content (AvgIpc) is 3.16. The Bertz CT molecular complexity index is 873. The van der Waals surface area contributed by atoms with Crippen molar-refractivity contribution in [2.75, 3.05) is 49.4 Å². The first kappa shape index (κ1) is 20.5. The van der Waals surface area contributed by atoms with Crippen LogP contribution in [0.15, 0.2) is 36.5 Å². The van der Waals surface area contributed by atoms with Gasteiger partial charge in [-0.15, -0.1) is 0 Å². The number of ether oxygens (including phenoxy) is 1. The normalized spacial score (nSPS) is 18.4. The molecule has 9 nitrogen and oxygen atoms in total. The minimum absolute atomic E-state index is 0.0673. The van der Waals surface area contributed by atoms with Crippen LogP contribution in [0.5, 0.6) is 0 Å². The van der Waals surface area contributed by atoms with E-state index in [1.807, 2.05) is 6.07 Å². The van der Waals surface area contributed by atoms with E-state index in [4.69, 9.17) is 4.74 Å². The second-order valence-corrected chi connectivity index (χ2v) is 6.87. The monoisotopic (exact) mass is 398 g/mol. The third-order valence-electron chi connectivity index (χ3n) is 5.06. The maximum Gasteiger partial charge on any atom is 0.251 e. The van der Waals surface area contributed by atoms with Crippen molar-refractivity contribution in [3.05, 3.63) is 42.1 Å². The van der Waals surface area contributed by atoms with Gasteiger partial charge in [0.25, 0.3) is 5.91 Å². The number of amides is 2. The number of carbonyl (C=O) groups excluding carboxylic acids is 2. The molecule has 0 bridgehead atoms. The van der Waals surface area contributed by atoms with E-state index >= 15 is 0 Å². The molecule has 0 aliphatic carbocycles. The molecule has 1 aliphatic heterocycles. The first-order chi connectivity index (χ1) is 13.9. The maximum atomic E-state index is 12.7. The molecule has 3 rings (SSSR count). The number of methoxy groups -OCH3 is 1. The summed E-state index contributed by atoms with van der Waals surface area (Å²) in [5, 5.41) is 5.98. The third kappa shape index (κ3) is 4.62. The van der Waals surface area contributed by atoms with Gasteiger partial charge in [0, 0.05) is 58.7 Å². The van der Waals surface area contributed by atoms with Crippen molar-refractivity contribution in [3.8, 4) is 0 Å². The third-order valence-corrected chi connectivity index (χ3v) is 5.06. The van der Waals surface area contributed by atoms with Crippen molar-refractivity contribution in [1.82, 2.24) is 15.3 Å². The zero-order chi connectivity index (χ0) is 21.0. The summed E-state index contributed by atoms with van der Waals surface area (Å²) in [5.74, 6) is 1.07. The van der Waals surface area contributed by atoms with Crippen LogP contribution in [0.1, 0.15) is 17.3 Å². The fourth-order valence-corrected chi connectivity index (χ4v) is 3.25. The van der Waals surface area contributed by atoms with Crippen molar-refractivity contribution in [1.29, 1.82) is 0 Å². The Morgan fingerprint density at radius 2 is 1.93 bits per heavy atom. The minimum atomic E-state index is -0.186. The molecule has 0 spiro atoms. The molecule has 0 radical (unpaired) electrons. The minimum Gasteiger partial charge on any atom is -0.377 e. The van der Waals surface area contributed by atoms with E-state index < -0.39 is 0 Å². The van der Waals surface area contributed by atoms with Crippen LogP contribution in [0.3, 0.4) is 0 Å². The predicted molar refractivity (Wildman–Crippen MR) is 111 cm³/mol. The Morgan fingerprint density at radius 3 is 2.55 bits per heavy atom. The average molecular weight is 398 g/mol. The smallest absolute Gasteiger partial charge is 0.251 e. The number of carbonyl (C=O) groups is 2. The van der Waals surface area contributed by atoms with E-state index in [-0.39, 0.29) is 24.0 Å². The first-order valence-corrected chi connectivity index (χ1v) is 9.36. The molecular weight excluding hydrogens is 372 g/mol. The summed E-state index contributed by atoms with van der Waals surface area (Å²) in [6, 6.07) is 8.59. The van der Waals surface area contributed by atoms with Crippen molar-refractivity contribution in [3.63, 3.8) is 0 Å². The zero-order valence-corrected chi connectivity index (χ0v) is 17.0. The number of benzene rings is 1. The van der Waals surface area contributed by atoms with E-state index in [2.05, 4.69) is 25.5 Å². The van der Waals surface area contributed by atoms with E-state index in [0.717, 1.165) is 11.5 Å². The SMILES string of the molecule is CNc1nccc(N2C[C@H](OC)[C@H](NC(=O)c3ccc(N(C)C(C)=O)cc3)C2)n1. The standard InChI is InChI=1S/C20H26N6O3/c1-13(27)25(3)15-7-5-14(6-8-15)19(28)23-16-11-26(12-17(16)29-4)18-9-10-22-20(21-2)24-18/h5-10,16-17H,11-12H2,1-4H3,(H,23,28)(H,21,22,24)/t16-,17+/m1/s1. The molecule has 1 aliphatic rings. The van der Waals surface area contributed by atoms with E-state index in [1.54, 1.807) is 51.7 Å². The van der Waals surface area contributed by atoms with Gasteiger partial charge >= 0.3 is 0 Å². The summed E-state index contributed by atoms with van der Waals surface area (Å²) in [7, 11) is 5.10. The van der Waals surface area contributed by atoms with E-state index in [1.165, 1.54) is 11.8 Å². The van der Waals surface area contributed by atoms with Gasteiger partial charge in [0.2, 0.25) is 11.9 Å². The van der Waals surface area contributed by atoms with Gasteiger partial charge in [0.15, 0.2) is 0 Å². The lowest BCUT2D eigenvalue weighted by Crippen LogP contribution is -2.43. The Morgan fingerprint density at radius 1 is 1.21 bits per heavy atom. The van der Waals surface area contributed by atoms with Gasteiger partial charge in [-0.1, -0.05) is 0 Å². The lowest BCUT2D eigenvalue weighted by atomic mass is 10.1. The number of hydrogen-bond acceptors (Lipinski definition) is 7. The molecule has 2 aromatic rings. The Hall–Kier alpha value is -3.20. The second kappa shape index (κ2) is 8.87. The van der Waals surface area contributed by atoms with Crippen LogP contribution in [0.25, 0.3) is 0 Å². The van der Waals surface area contributed by atoms with Crippen molar-refractivity contribution >= 4 is 29.3 Å². The molecule has 2 amide bonds. The number of anilines is 3. The van der Waals surface area contributed by atoms with E-state index in [0.29, 0.717) is 24.6 Å². The summed E-state index contributed by atoms with van der Waals surface area (Å²) in [6.07, 6.45) is 1.54. The Labute approximate surface area is 170 Å². The summed E-state index contributed by atoms with van der Waals surface area (Å²) < 4.78 is 5.59. The maximum absolute atomic E-state index is 12.7. The Balaban J connectivity index is 1.68. The van der Waals surface area contributed by atoms with Crippen LogP contribution in [0.2, 0.25) is 0 Å². The highest BCUT2D eigenvalue weighted by molar-refractivity contribution is 5.96. The predicted octanol–water partition coefficient (Wildman–Crippen LogP) is 1.13. The molecule has 29 heavy (non-hydrogen) atoms. The van der Waals surface area contributed by atoms with Crippen molar-refractivity contribution in [2.24, 2.45) is 0 Å². The van der Waals surface area contributed by atoms with Gasteiger partial charge in [-0.25, -0.2) is 4.98 Å². The van der Waals surface area contributed by atoms with E-state index in [9.17, 15) is 9.59 Å². The number of aromatic nitrogens is 2. The van der Waals surface area contributed by atoms with Crippen LogP contribution < -0.4 is 20.4 Å². The van der Waals surface area contributed by atoms with Crippen LogP contribution in [0.4, 0.5) is 17.5 Å². The lowest BCUT2D eigenvalue weighted by molar-refractivity contribution is -0.116. The van der Waals surface area contributed by atoms with Crippen LogP contribution in [-0.2, 0) is 9.53 Å². The van der Waals surface area contributed by atoms with Gasteiger partial charge in [0.05, 0.1) is 12.1 Å². The number of nitrogens with zero attached hydrogens (tertiary/aromatic N) is 4. The van der Waals surface area contributed by atoms with Crippen molar-refractivity contribution < 1.29 is 14.3 Å². The molecule has 0 saturated carbocycles. The van der Waals surface area contributed by atoms with Crippen LogP contribution in [0, 0.1) is 0 Å². The molecule has 0 unspecified atom stereocenters. The van der Waals surface area contributed by atoms with Crippen molar-refractivity contribution in [2.45, 2.75) is 19.1 Å². The summed E-state index contributed by atoms with van der Waals surface area (Å²) >= 11 is 0. The number of hydrogen-bond donors (Lipinski definition) is 2. The summed E-state index contributed by atoms with van der Waals surface area (Å²) in [4.78, 5) is 36.4. The highest BCUT2D eigenvalue weighted by atomic mass is 16.5. The van der Waals surface area contributed by atoms with Crippen LogP contribution >= 0.6 is 0 Å². The number of nitrogens with one attached hydrogen (secondary N) is 2. The largest absolute Gasteiger partial charge is 0.377 e. The number of rotatable bonds is 6. The first-order valence-electron chi connectivity index (χ1n) is 9.36. The zero-order valence-electron chi connectivity index (χ0n) is 17.0. The molecule has 1 saturated heterocycles. The Kier molecular flexibility index (Phi) is 6.28. The van der Waals surface area contributed by atoms with Gasteiger partial charge in [0.1, 0.15) is 5.82 Å². The molecule has 1 aromatic carbocycles.